The van der Waals surface area contributed by atoms with Crippen LogP contribution in [0.4, 0.5) is 0 Å². The maximum absolute atomic E-state index is 12.5. The van der Waals surface area contributed by atoms with Crippen LogP contribution in [0.3, 0.4) is 0 Å². The third-order valence-electron chi connectivity index (χ3n) is 5.36. The first-order valence-corrected chi connectivity index (χ1v) is 11.4. The molecular weight excluding hydrogens is 422 g/mol. The first-order valence-electron chi connectivity index (χ1n) is 10.4. The molecule has 3 aromatic carbocycles. The van der Waals surface area contributed by atoms with Crippen molar-refractivity contribution in [2.24, 2.45) is 0 Å². The lowest BCUT2D eigenvalue weighted by Gasteiger charge is -2.12. The number of hydrogen-bond acceptors (Lipinski definition) is 6. The summed E-state index contributed by atoms with van der Waals surface area (Å²) in [7, 11) is 1.60. The number of carbonyl (C=O) groups excluding carboxylic acids is 1. The van der Waals surface area contributed by atoms with E-state index < -0.39 is 0 Å². The topological polar surface area (TPSA) is 66.2 Å². The van der Waals surface area contributed by atoms with Crippen molar-refractivity contribution >= 4 is 28.3 Å². The zero-order chi connectivity index (χ0) is 22.5. The Morgan fingerprint density at radius 3 is 2.56 bits per heavy atom. The van der Waals surface area contributed by atoms with Crippen molar-refractivity contribution in [3.63, 3.8) is 0 Å². The lowest BCUT2D eigenvalue weighted by atomic mass is 10.0. The molecule has 4 aromatic rings. The van der Waals surface area contributed by atoms with Crippen LogP contribution >= 0.6 is 11.8 Å². The number of ether oxygens (including phenoxy) is 2. The zero-order valence-corrected chi connectivity index (χ0v) is 19.2. The van der Waals surface area contributed by atoms with Crippen LogP contribution in [0.2, 0.25) is 0 Å². The van der Waals surface area contributed by atoms with Crippen molar-refractivity contribution in [2.45, 2.75) is 32.2 Å². The molecule has 1 aromatic heterocycles. The van der Waals surface area contributed by atoms with Crippen molar-refractivity contribution < 1.29 is 14.3 Å². The van der Waals surface area contributed by atoms with Gasteiger partial charge in [-0.2, -0.15) is 0 Å². The fraction of sp³-hybridized carbons (Fsp3) is 0.240. The number of thioether (sulfide) groups is 1. The first kappa shape index (κ1) is 21.9. The molecule has 0 radical (unpaired) electrons. The molecule has 0 bridgehead atoms. The zero-order valence-electron chi connectivity index (χ0n) is 18.4. The number of hydrogen-bond donors (Lipinski definition) is 0. The Kier molecular flexibility index (Phi) is 6.75. The van der Waals surface area contributed by atoms with Gasteiger partial charge in [0.05, 0.1) is 12.9 Å². The molecule has 6 nitrogen and oxygen atoms in total. The van der Waals surface area contributed by atoms with Gasteiger partial charge in [0.25, 0.3) is 0 Å². The molecule has 7 heteroatoms. The van der Waals surface area contributed by atoms with E-state index in [1.54, 1.807) is 31.4 Å². The largest absolute Gasteiger partial charge is 0.497 e. The molecule has 0 N–H and O–H groups in total. The number of methoxy groups -OCH3 is 1. The van der Waals surface area contributed by atoms with E-state index in [2.05, 4.69) is 35.3 Å². The van der Waals surface area contributed by atoms with Gasteiger partial charge in [-0.15, -0.1) is 10.2 Å². The summed E-state index contributed by atoms with van der Waals surface area (Å²) in [6, 6.07) is 19.4. The molecule has 0 unspecified atom stereocenters. The van der Waals surface area contributed by atoms with E-state index in [1.165, 1.54) is 22.5 Å². The lowest BCUT2D eigenvalue weighted by Crippen LogP contribution is -2.09. The van der Waals surface area contributed by atoms with Gasteiger partial charge in [-0.25, -0.2) is 0 Å². The molecule has 1 heterocycles. The minimum atomic E-state index is 0.0351. The molecular formula is C25H25N3O3S. The Labute approximate surface area is 191 Å². The van der Waals surface area contributed by atoms with Gasteiger partial charge in [0.15, 0.2) is 16.8 Å². The summed E-state index contributed by atoms with van der Waals surface area (Å²) in [6.07, 6.45) is 0. The lowest BCUT2D eigenvalue weighted by molar-refractivity contribution is 0.102. The SMILES string of the molecule is CCn1c(COc2ccc3ccccc3c2C)nnc1SCC(=O)c1ccc(OC)cc1. The number of Topliss-reactive ketones (excluding diaryl/α,β-unsaturated/α-hetero) is 1. The number of rotatable bonds is 9. The molecule has 0 spiro atoms. The van der Waals surface area contributed by atoms with Gasteiger partial charge in [-0.1, -0.05) is 42.1 Å². The summed E-state index contributed by atoms with van der Waals surface area (Å²) in [4.78, 5) is 12.5. The van der Waals surface area contributed by atoms with Gasteiger partial charge >= 0.3 is 0 Å². The second-order valence-electron chi connectivity index (χ2n) is 7.28. The Hall–Kier alpha value is -3.32. The molecule has 0 aliphatic carbocycles. The minimum Gasteiger partial charge on any atom is -0.497 e. The van der Waals surface area contributed by atoms with Crippen molar-refractivity contribution in [1.82, 2.24) is 14.8 Å². The van der Waals surface area contributed by atoms with E-state index in [0.717, 1.165) is 22.9 Å². The van der Waals surface area contributed by atoms with Gasteiger partial charge in [0, 0.05) is 12.1 Å². The van der Waals surface area contributed by atoms with E-state index in [-0.39, 0.29) is 11.5 Å². The molecule has 0 amide bonds. The van der Waals surface area contributed by atoms with Gasteiger partial charge in [-0.05, 0) is 60.5 Å². The van der Waals surface area contributed by atoms with Crippen LogP contribution < -0.4 is 9.47 Å². The average molecular weight is 448 g/mol. The molecule has 0 aliphatic rings. The fourth-order valence-electron chi connectivity index (χ4n) is 3.55. The van der Waals surface area contributed by atoms with Crippen LogP contribution in [0, 0.1) is 6.92 Å². The summed E-state index contributed by atoms with van der Waals surface area (Å²) in [5.74, 6) is 2.62. The van der Waals surface area contributed by atoms with E-state index >= 15 is 0 Å². The highest BCUT2D eigenvalue weighted by atomic mass is 32.2. The molecule has 32 heavy (non-hydrogen) atoms. The van der Waals surface area contributed by atoms with E-state index in [9.17, 15) is 4.79 Å². The predicted molar refractivity (Wildman–Crippen MR) is 127 cm³/mol. The maximum Gasteiger partial charge on any atom is 0.191 e. The molecule has 164 valence electrons. The third-order valence-corrected chi connectivity index (χ3v) is 6.33. The van der Waals surface area contributed by atoms with Crippen LogP contribution in [0.15, 0.2) is 65.8 Å². The number of aryl methyl sites for hydroxylation is 1. The van der Waals surface area contributed by atoms with Gasteiger partial charge in [0.1, 0.15) is 18.1 Å². The smallest absolute Gasteiger partial charge is 0.191 e. The Bertz CT molecular complexity index is 1240. The molecule has 0 saturated carbocycles. The molecule has 0 aliphatic heterocycles. The van der Waals surface area contributed by atoms with Gasteiger partial charge < -0.3 is 14.0 Å². The van der Waals surface area contributed by atoms with E-state index in [0.29, 0.717) is 23.9 Å². The van der Waals surface area contributed by atoms with Crippen LogP contribution in [0.25, 0.3) is 10.8 Å². The Morgan fingerprint density at radius 2 is 1.81 bits per heavy atom. The Morgan fingerprint density at radius 1 is 1.03 bits per heavy atom. The van der Waals surface area contributed by atoms with Gasteiger partial charge in [0.2, 0.25) is 0 Å². The molecule has 0 fully saturated rings. The first-order chi connectivity index (χ1) is 15.6. The van der Waals surface area contributed by atoms with Crippen LogP contribution in [-0.2, 0) is 13.2 Å². The van der Waals surface area contributed by atoms with E-state index in [1.807, 2.05) is 29.7 Å². The molecule has 0 saturated heterocycles. The molecule has 4 rings (SSSR count). The number of carbonyl (C=O) groups is 1. The third kappa shape index (κ3) is 4.62. The predicted octanol–water partition coefficient (Wildman–Crippen LogP) is 5.32. The highest BCUT2D eigenvalue weighted by Crippen LogP contribution is 2.28. The Balaban J connectivity index is 1.42. The van der Waals surface area contributed by atoms with E-state index in [4.69, 9.17) is 9.47 Å². The summed E-state index contributed by atoms with van der Waals surface area (Å²) in [5, 5.41) is 11.7. The maximum atomic E-state index is 12.5. The second kappa shape index (κ2) is 9.87. The summed E-state index contributed by atoms with van der Waals surface area (Å²) in [6.45, 7) is 5.10. The standard InChI is InChI=1S/C25H25N3O3S/c1-4-28-24(15-31-23-14-11-18-7-5-6-8-21(18)17(23)2)26-27-25(28)32-16-22(29)19-9-12-20(30-3)13-10-19/h5-14H,4,15-16H2,1-3H3. The normalized spacial score (nSPS) is 11.0. The van der Waals surface area contributed by atoms with Crippen molar-refractivity contribution in [2.75, 3.05) is 12.9 Å². The number of fused-ring (bicyclic) bond motifs is 1. The number of nitrogens with zero attached hydrogens (tertiary/aromatic N) is 3. The summed E-state index contributed by atoms with van der Waals surface area (Å²) >= 11 is 1.39. The van der Waals surface area contributed by atoms with Gasteiger partial charge in [-0.3, -0.25) is 4.79 Å². The van der Waals surface area contributed by atoms with Crippen LogP contribution in [0.1, 0.15) is 28.7 Å². The van der Waals surface area contributed by atoms with Crippen molar-refractivity contribution in [3.05, 3.63) is 77.6 Å². The van der Waals surface area contributed by atoms with Crippen LogP contribution in [-0.4, -0.2) is 33.4 Å². The number of ketones is 1. The number of aromatic nitrogens is 3. The highest BCUT2D eigenvalue weighted by Gasteiger charge is 2.15. The minimum absolute atomic E-state index is 0.0351. The summed E-state index contributed by atoms with van der Waals surface area (Å²) in [5.41, 5.74) is 1.75. The second-order valence-corrected chi connectivity index (χ2v) is 8.22. The van der Waals surface area contributed by atoms with Crippen molar-refractivity contribution in [3.8, 4) is 11.5 Å². The number of benzene rings is 3. The molecule has 0 atom stereocenters. The fourth-order valence-corrected chi connectivity index (χ4v) is 4.46. The van der Waals surface area contributed by atoms with Crippen LogP contribution in [0.5, 0.6) is 11.5 Å². The quantitative estimate of drug-likeness (QED) is 0.255. The highest BCUT2D eigenvalue weighted by molar-refractivity contribution is 7.99. The van der Waals surface area contributed by atoms with Crippen molar-refractivity contribution in [1.29, 1.82) is 0 Å². The monoisotopic (exact) mass is 447 g/mol. The average Bonchev–Trinajstić information content (AvgIpc) is 3.24. The summed E-state index contributed by atoms with van der Waals surface area (Å²) < 4.78 is 13.2.